The number of benzene rings is 2. The third kappa shape index (κ3) is 3.75. The van der Waals surface area contributed by atoms with Crippen molar-refractivity contribution in [1.82, 2.24) is 14.3 Å². The Hall–Kier alpha value is -2.58. The zero-order valence-electron chi connectivity index (χ0n) is 13.9. The Labute approximate surface area is 147 Å². The van der Waals surface area contributed by atoms with Crippen LogP contribution in [0, 0.1) is 0 Å². The molecule has 0 radical (unpaired) electrons. The van der Waals surface area contributed by atoms with Crippen molar-refractivity contribution >= 4 is 21.9 Å². The molecule has 25 heavy (non-hydrogen) atoms. The van der Waals surface area contributed by atoms with Gasteiger partial charge in [0.15, 0.2) is 11.5 Å². The molecule has 3 rings (SSSR count). The lowest BCUT2D eigenvalue weighted by Gasteiger charge is -2.09. The highest BCUT2D eigenvalue weighted by Crippen LogP contribution is 2.32. The van der Waals surface area contributed by atoms with Crippen LogP contribution in [0.2, 0.25) is 0 Å². The van der Waals surface area contributed by atoms with Crippen molar-refractivity contribution in [2.24, 2.45) is 0 Å². The average Bonchev–Trinajstić information content (AvgIpc) is 3.03. The van der Waals surface area contributed by atoms with Crippen LogP contribution in [0.1, 0.15) is 5.56 Å². The summed E-state index contributed by atoms with van der Waals surface area (Å²) in [5.74, 6) is 1.28. The maximum atomic E-state index is 10.5. The number of rotatable bonds is 7. The molecule has 3 aromatic rings. The summed E-state index contributed by atoms with van der Waals surface area (Å²) in [5, 5.41) is 0. The highest BCUT2D eigenvalue weighted by atomic mass is 32.2. The van der Waals surface area contributed by atoms with E-state index in [2.05, 4.69) is 9.71 Å². The predicted octanol–water partition coefficient (Wildman–Crippen LogP) is 1.70. The van der Waals surface area contributed by atoms with E-state index >= 15 is 0 Å². The molecular formula is C17H19N3O4S. The first-order chi connectivity index (χ1) is 12.1. The minimum atomic E-state index is -2.55. The van der Waals surface area contributed by atoms with Gasteiger partial charge in [0.2, 0.25) is 10.9 Å². The molecule has 1 N–H and O–H groups in total. The molecule has 0 fully saturated rings. The highest BCUT2D eigenvalue weighted by Gasteiger charge is 2.11. The molecule has 0 unspecified atom stereocenters. The van der Waals surface area contributed by atoms with Gasteiger partial charge in [0, 0.05) is 24.4 Å². The maximum Gasteiger partial charge on any atom is 0.201 e. The summed E-state index contributed by atoms with van der Waals surface area (Å²) in [6.07, 6.45) is 2.39. The normalized spacial score (nSPS) is 11.2. The molecule has 8 heteroatoms. The molecule has 0 saturated carbocycles. The van der Waals surface area contributed by atoms with Gasteiger partial charge >= 0.3 is 0 Å². The van der Waals surface area contributed by atoms with E-state index in [0.717, 1.165) is 22.3 Å². The third-order valence-electron chi connectivity index (χ3n) is 3.92. The Morgan fingerprint density at radius 2 is 1.76 bits per heavy atom. The minimum Gasteiger partial charge on any atom is -0.493 e. The maximum absolute atomic E-state index is 10.5. The van der Waals surface area contributed by atoms with Crippen LogP contribution < -0.4 is 14.2 Å². The van der Waals surface area contributed by atoms with Crippen LogP contribution >= 0.6 is 0 Å². The number of thiol groups is 1. The number of fused-ring (bicyclic) bond motifs is 1. The summed E-state index contributed by atoms with van der Waals surface area (Å²) >= 11 is 0. The summed E-state index contributed by atoms with van der Waals surface area (Å²) in [6.45, 7) is 0.392. The standard InChI is InChI=1S/C17H19N3O4S/c1-23-16-9-14-15(10-17(16)24-2)20(11-18-14)13-5-3-12(4-6-13)7-8-19-25(21)22/h3-6,9-11,25H,7-8H2,1-2H3,(H,19,21,22). The van der Waals surface area contributed by atoms with Gasteiger partial charge in [0.05, 0.1) is 25.3 Å². The molecule has 7 nitrogen and oxygen atoms in total. The number of aromatic nitrogens is 2. The van der Waals surface area contributed by atoms with Gasteiger partial charge in [-0.2, -0.15) is 0 Å². The third-order valence-corrected chi connectivity index (χ3v) is 4.40. The SMILES string of the molecule is COc1cc2ncn(-c3ccc(CCN[SH](=O)=O)cc3)c2cc1OC. The van der Waals surface area contributed by atoms with E-state index in [0.29, 0.717) is 24.5 Å². The van der Waals surface area contributed by atoms with Crippen LogP contribution in [0.4, 0.5) is 0 Å². The lowest BCUT2D eigenvalue weighted by Crippen LogP contribution is -2.14. The van der Waals surface area contributed by atoms with E-state index in [-0.39, 0.29) is 0 Å². The molecule has 0 aliphatic heterocycles. The van der Waals surface area contributed by atoms with Gasteiger partial charge in [0.25, 0.3) is 0 Å². The number of hydrogen-bond acceptors (Lipinski definition) is 5. The summed E-state index contributed by atoms with van der Waals surface area (Å²) in [5.41, 5.74) is 3.73. The van der Waals surface area contributed by atoms with Crippen LogP contribution in [0.15, 0.2) is 42.7 Å². The van der Waals surface area contributed by atoms with Gasteiger partial charge in [0.1, 0.15) is 6.33 Å². The van der Waals surface area contributed by atoms with Gasteiger partial charge in [-0.05, 0) is 24.1 Å². The predicted molar refractivity (Wildman–Crippen MR) is 96.2 cm³/mol. The van der Waals surface area contributed by atoms with Crippen LogP contribution in [0.3, 0.4) is 0 Å². The van der Waals surface area contributed by atoms with Crippen LogP contribution in [0.5, 0.6) is 11.5 Å². The van der Waals surface area contributed by atoms with Crippen LogP contribution in [-0.4, -0.2) is 38.7 Å². The number of nitrogens with zero attached hydrogens (tertiary/aromatic N) is 2. The number of imidazole rings is 1. The van der Waals surface area contributed by atoms with Crippen molar-refractivity contribution in [3.05, 3.63) is 48.3 Å². The Morgan fingerprint density at radius 1 is 1.08 bits per heavy atom. The molecule has 0 bridgehead atoms. The second kappa shape index (κ2) is 7.54. The topological polar surface area (TPSA) is 82.5 Å². The molecule has 1 aromatic heterocycles. The van der Waals surface area contributed by atoms with E-state index < -0.39 is 10.9 Å². The fourth-order valence-corrected chi connectivity index (χ4v) is 2.95. The van der Waals surface area contributed by atoms with E-state index in [1.54, 1.807) is 20.5 Å². The number of ether oxygens (including phenoxy) is 2. The van der Waals surface area contributed by atoms with Gasteiger partial charge in [-0.15, -0.1) is 0 Å². The summed E-state index contributed by atoms with van der Waals surface area (Å²) in [7, 11) is 0.648. The molecule has 0 spiro atoms. The number of hydrogen-bond donors (Lipinski definition) is 2. The fourth-order valence-electron chi connectivity index (χ4n) is 2.66. The summed E-state index contributed by atoms with van der Waals surface area (Å²) < 4.78 is 36.1. The fraction of sp³-hybridized carbons (Fsp3) is 0.235. The second-order valence-corrected chi connectivity index (χ2v) is 6.22. The zero-order chi connectivity index (χ0) is 17.8. The van der Waals surface area contributed by atoms with Gasteiger partial charge < -0.3 is 9.47 Å². The Balaban J connectivity index is 1.88. The van der Waals surface area contributed by atoms with E-state index in [4.69, 9.17) is 9.47 Å². The van der Waals surface area contributed by atoms with Crippen molar-refractivity contribution in [1.29, 1.82) is 0 Å². The lowest BCUT2D eigenvalue weighted by atomic mass is 10.1. The first-order valence-electron chi connectivity index (χ1n) is 7.68. The monoisotopic (exact) mass is 361 g/mol. The highest BCUT2D eigenvalue weighted by molar-refractivity contribution is 7.70. The lowest BCUT2D eigenvalue weighted by molar-refractivity contribution is 0.355. The minimum absolute atomic E-state index is 0.392. The van der Waals surface area contributed by atoms with Gasteiger partial charge in [-0.25, -0.2) is 18.1 Å². The molecular weight excluding hydrogens is 342 g/mol. The number of nitrogens with one attached hydrogen (secondary N) is 1. The molecule has 0 amide bonds. The molecule has 0 aliphatic carbocycles. The van der Waals surface area contributed by atoms with Crippen LogP contribution in [0.25, 0.3) is 16.7 Å². The molecule has 0 aliphatic rings. The van der Waals surface area contributed by atoms with Crippen LogP contribution in [-0.2, 0) is 17.3 Å². The summed E-state index contributed by atoms with van der Waals surface area (Å²) in [4.78, 5) is 4.42. The van der Waals surface area contributed by atoms with Crippen molar-refractivity contribution < 1.29 is 17.9 Å². The molecule has 0 atom stereocenters. The number of methoxy groups -OCH3 is 2. The van der Waals surface area contributed by atoms with Gasteiger partial charge in [-0.3, -0.25) is 4.57 Å². The Kier molecular flexibility index (Phi) is 5.20. The largest absolute Gasteiger partial charge is 0.493 e. The van der Waals surface area contributed by atoms with Gasteiger partial charge in [-0.1, -0.05) is 12.1 Å². The van der Waals surface area contributed by atoms with Crippen molar-refractivity contribution in [3.63, 3.8) is 0 Å². The second-order valence-electron chi connectivity index (χ2n) is 5.39. The average molecular weight is 361 g/mol. The molecule has 0 saturated heterocycles. The molecule has 2 aromatic carbocycles. The smallest absolute Gasteiger partial charge is 0.201 e. The Bertz CT molecular complexity index is 940. The van der Waals surface area contributed by atoms with E-state index in [1.165, 1.54) is 0 Å². The van der Waals surface area contributed by atoms with E-state index in [1.807, 2.05) is 41.0 Å². The van der Waals surface area contributed by atoms with Crippen molar-refractivity contribution in [3.8, 4) is 17.2 Å². The molecule has 132 valence electrons. The quantitative estimate of drug-likeness (QED) is 0.626. The first kappa shape index (κ1) is 17.2. The summed E-state index contributed by atoms with van der Waals surface area (Å²) in [6, 6.07) is 11.6. The van der Waals surface area contributed by atoms with Crippen molar-refractivity contribution in [2.75, 3.05) is 20.8 Å². The van der Waals surface area contributed by atoms with E-state index in [9.17, 15) is 8.42 Å². The first-order valence-corrected chi connectivity index (χ1v) is 8.86. The molecule has 1 heterocycles. The zero-order valence-corrected chi connectivity index (χ0v) is 14.8. The Morgan fingerprint density at radius 3 is 2.40 bits per heavy atom. The van der Waals surface area contributed by atoms with Crippen molar-refractivity contribution in [2.45, 2.75) is 6.42 Å².